The van der Waals surface area contributed by atoms with Crippen molar-refractivity contribution in [2.75, 3.05) is 11.9 Å². The Morgan fingerprint density at radius 1 is 1.08 bits per heavy atom. The molecule has 0 heterocycles. The SMILES string of the molecule is O=C(COC(=O)C12CC3CC(CC(C3)C1)C2)Nc1cc(Cl)ccc1Cl. The van der Waals surface area contributed by atoms with Gasteiger partial charge < -0.3 is 10.1 Å². The van der Waals surface area contributed by atoms with Crippen LogP contribution in [0.4, 0.5) is 5.69 Å². The fraction of sp³-hybridized carbons (Fsp3) is 0.579. The summed E-state index contributed by atoms with van der Waals surface area (Å²) in [5.41, 5.74) is 0.0768. The molecule has 0 aromatic heterocycles. The van der Waals surface area contributed by atoms with Crippen molar-refractivity contribution < 1.29 is 14.3 Å². The van der Waals surface area contributed by atoms with Crippen LogP contribution >= 0.6 is 23.2 Å². The molecule has 1 aromatic rings. The summed E-state index contributed by atoms with van der Waals surface area (Å²) in [5.74, 6) is 1.40. The van der Waals surface area contributed by atoms with Crippen molar-refractivity contribution in [2.24, 2.45) is 23.2 Å². The molecule has 0 atom stereocenters. The molecule has 0 aliphatic heterocycles. The highest BCUT2D eigenvalue weighted by Gasteiger charge is 2.55. The molecule has 6 heteroatoms. The molecule has 0 spiro atoms. The van der Waals surface area contributed by atoms with E-state index in [1.807, 2.05) is 0 Å². The highest BCUT2D eigenvalue weighted by Crippen LogP contribution is 2.60. The minimum absolute atomic E-state index is 0.195. The molecule has 4 nitrogen and oxygen atoms in total. The van der Waals surface area contributed by atoms with Gasteiger partial charge in [0, 0.05) is 5.02 Å². The van der Waals surface area contributed by atoms with Gasteiger partial charge in [-0.15, -0.1) is 0 Å². The van der Waals surface area contributed by atoms with E-state index < -0.39 is 5.91 Å². The van der Waals surface area contributed by atoms with E-state index in [2.05, 4.69) is 5.32 Å². The lowest BCUT2D eigenvalue weighted by Gasteiger charge is -2.55. The number of anilines is 1. The van der Waals surface area contributed by atoms with Crippen LogP contribution in [0, 0.1) is 23.2 Å². The van der Waals surface area contributed by atoms with Crippen molar-refractivity contribution in [3.8, 4) is 0 Å². The third-order valence-corrected chi connectivity index (χ3v) is 6.57. The van der Waals surface area contributed by atoms with E-state index in [4.69, 9.17) is 27.9 Å². The maximum atomic E-state index is 12.7. The number of halogens is 2. The highest BCUT2D eigenvalue weighted by atomic mass is 35.5. The number of benzene rings is 1. The van der Waals surface area contributed by atoms with Gasteiger partial charge in [0.15, 0.2) is 6.61 Å². The number of ether oxygens (including phenoxy) is 1. The minimum atomic E-state index is -0.401. The topological polar surface area (TPSA) is 55.4 Å². The molecule has 1 amide bonds. The van der Waals surface area contributed by atoms with Gasteiger partial charge in [-0.1, -0.05) is 23.2 Å². The van der Waals surface area contributed by atoms with Crippen molar-refractivity contribution in [3.05, 3.63) is 28.2 Å². The number of amides is 1. The molecular weight excluding hydrogens is 361 g/mol. The molecule has 1 N–H and O–H groups in total. The summed E-state index contributed by atoms with van der Waals surface area (Å²) in [6, 6.07) is 4.83. The van der Waals surface area contributed by atoms with E-state index in [0.29, 0.717) is 33.5 Å². The quantitative estimate of drug-likeness (QED) is 0.769. The molecule has 4 aliphatic carbocycles. The first-order chi connectivity index (χ1) is 11.9. The van der Waals surface area contributed by atoms with Gasteiger partial charge in [-0.2, -0.15) is 0 Å². The summed E-state index contributed by atoms with van der Waals surface area (Å²) in [6.07, 6.45) is 6.58. The van der Waals surface area contributed by atoms with Crippen LogP contribution in [0.3, 0.4) is 0 Å². The predicted octanol–water partition coefficient (Wildman–Crippen LogP) is 4.69. The summed E-state index contributed by atoms with van der Waals surface area (Å²) < 4.78 is 5.40. The molecule has 4 saturated carbocycles. The summed E-state index contributed by atoms with van der Waals surface area (Å²) in [6.45, 7) is -0.288. The van der Waals surface area contributed by atoms with Gasteiger partial charge in [-0.05, 0) is 74.5 Å². The Morgan fingerprint density at radius 3 is 2.28 bits per heavy atom. The lowest BCUT2D eigenvalue weighted by atomic mass is 9.49. The van der Waals surface area contributed by atoms with E-state index in [-0.39, 0.29) is 18.0 Å². The number of esters is 1. The summed E-state index contributed by atoms with van der Waals surface area (Å²) in [5, 5.41) is 3.52. The largest absolute Gasteiger partial charge is 0.455 e. The Morgan fingerprint density at radius 2 is 1.68 bits per heavy atom. The zero-order chi connectivity index (χ0) is 17.6. The smallest absolute Gasteiger partial charge is 0.312 e. The lowest BCUT2D eigenvalue weighted by Crippen LogP contribution is -2.50. The van der Waals surface area contributed by atoms with Gasteiger partial charge in [-0.3, -0.25) is 9.59 Å². The molecule has 0 unspecified atom stereocenters. The van der Waals surface area contributed by atoms with E-state index in [1.54, 1.807) is 18.2 Å². The first-order valence-electron chi connectivity index (χ1n) is 8.86. The second-order valence-corrected chi connectivity index (χ2v) is 8.79. The van der Waals surface area contributed by atoms with Crippen molar-refractivity contribution in [1.29, 1.82) is 0 Å². The molecule has 25 heavy (non-hydrogen) atoms. The highest BCUT2D eigenvalue weighted by molar-refractivity contribution is 6.35. The second-order valence-electron chi connectivity index (χ2n) is 7.95. The Balaban J connectivity index is 1.36. The normalized spacial score (nSPS) is 32.5. The van der Waals surface area contributed by atoms with Gasteiger partial charge in [0.05, 0.1) is 16.1 Å². The van der Waals surface area contributed by atoms with Crippen molar-refractivity contribution in [2.45, 2.75) is 38.5 Å². The molecule has 4 fully saturated rings. The Kier molecular flexibility index (Phi) is 4.45. The van der Waals surface area contributed by atoms with Crippen LogP contribution in [0.1, 0.15) is 38.5 Å². The van der Waals surface area contributed by atoms with Gasteiger partial charge in [0.25, 0.3) is 5.91 Å². The van der Waals surface area contributed by atoms with Gasteiger partial charge >= 0.3 is 5.97 Å². The Labute approximate surface area is 157 Å². The Hall–Kier alpha value is -1.26. The second kappa shape index (κ2) is 6.48. The average molecular weight is 382 g/mol. The number of rotatable bonds is 4. The number of carbonyl (C=O) groups is 2. The Bertz CT molecular complexity index is 683. The maximum absolute atomic E-state index is 12.7. The molecular formula is C19H21Cl2NO3. The molecule has 134 valence electrons. The number of hydrogen-bond donors (Lipinski definition) is 1. The summed E-state index contributed by atoms with van der Waals surface area (Å²) in [4.78, 5) is 24.8. The monoisotopic (exact) mass is 381 g/mol. The van der Waals surface area contributed by atoms with E-state index in [9.17, 15) is 9.59 Å². The van der Waals surface area contributed by atoms with E-state index in [1.165, 1.54) is 19.3 Å². The van der Waals surface area contributed by atoms with Crippen LogP contribution in [0.25, 0.3) is 0 Å². The molecule has 0 radical (unpaired) electrons. The van der Waals surface area contributed by atoms with Crippen LogP contribution in [0.2, 0.25) is 10.0 Å². The first-order valence-corrected chi connectivity index (χ1v) is 9.61. The molecule has 4 bridgehead atoms. The van der Waals surface area contributed by atoms with Gasteiger partial charge in [0.1, 0.15) is 0 Å². The standard InChI is InChI=1S/C19H21Cl2NO3/c20-14-1-2-15(21)16(6-14)22-17(23)10-25-18(24)19-7-11-3-12(8-19)5-13(4-11)9-19/h1-2,6,11-13H,3-5,7-10H2,(H,22,23). The van der Waals surface area contributed by atoms with Crippen molar-refractivity contribution in [3.63, 3.8) is 0 Å². The minimum Gasteiger partial charge on any atom is -0.455 e. The van der Waals surface area contributed by atoms with Gasteiger partial charge in [0.2, 0.25) is 0 Å². The third kappa shape index (κ3) is 3.39. The number of nitrogens with one attached hydrogen (secondary N) is 1. The number of carbonyl (C=O) groups excluding carboxylic acids is 2. The van der Waals surface area contributed by atoms with Crippen molar-refractivity contribution in [1.82, 2.24) is 0 Å². The lowest BCUT2D eigenvalue weighted by molar-refractivity contribution is -0.172. The van der Waals surface area contributed by atoms with E-state index >= 15 is 0 Å². The van der Waals surface area contributed by atoms with Gasteiger partial charge in [-0.25, -0.2) is 0 Å². The summed E-state index contributed by atoms with van der Waals surface area (Å²) >= 11 is 11.9. The fourth-order valence-electron chi connectivity index (χ4n) is 5.42. The number of hydrogen-bond acceptors (Lipinski definition) is 3. The predicted molar refractivity (Wildman–Crippen MR) is 96.7 cm³/mol. The van der Waals surface area contributed by atoms with Crippen LogP contribution in [0.5, 0.6) is 0 Å². The molecule has 4 aliphatic rings. The fourth-order valence-corrected chi connectivity index (χ4v) is 5.76. The van der Waals surface area contributed by atoms with E-state index in [0.717, 1.165) is 19.3 Å². The zero-order valence-electron chi connectivity index (χ0n) is 13.9. The third-order valence-electron chi connectivity index (χ3n) is 6.01. The van der Waals surface area contributed by atoms with Crippen LogP contribution < -0.4 is 5.32 Å². The van der Waals surface area contributed by atoms with Crippen LogP contribution in [-0.2, 0) is 14.3 Å². The summed E-state index contributed by atoms with van der Waals surface area (Å²) in [7, 11) is 0. The maximum Gasteiger partial charge on any atom is 0.312 e. The molecule has 1 aromatic carbocycles. The zero-order valence-corrected chi connectivity index (χ0v) is 15.4. The average Bonchev–Trinajstić information content (AvgIpc) is 2.55. The van der Waals surface area contributed by atoms with Crippen LogP contribution in [-0.4, -0.2) is 18.5 Å². The van der Waals surface area contributed by atoms with Crippen LogP contribution in [0.15, 0.2) is 18.2 Å². The molecule has 5 rings (SSSR count). The first kappa shape index (κ1) is 17.2. The molecule has 0 saturated heterocycles. The van der Waals surface area contributed by atoms with Crippen molar-refractivity contribution >= 4 is 40.8 Å².